The Hall–Kier alpha value is -2.34. The van der Waals surface area contributed by atoms with Gasteiger partial charge in [0.15, 0.2) is 0 Å². The molecule has 1 aromatic carbocycles. The fraction of sp³-hybridized carbons (Fsp3) is 0.286. The number of aromatic amines is 1. The Labute approximate surface area is 115 Å². The second kappa shape index (κ2) is 6.21. The Bertz CT molecular complexity index is 676. The zero-order chi connectivity index (χ0) is 14.5. The minimum absolute atomic E-state index is 0.244. The van der Waals surface area contributed by atoms with Crippen molar-refractivity contribution in [3.05, 3.63) is 62.8 Å². The molecule has 6 nitrogen and oxygen atoms in total. The normalized spacial score (nSPS) is 12.2. The molecule has 0 spiro atoms. The topological polar surface area (TPSA) is 84.3 Å². The molecule has 2 N–H and O–H groups in total. The van der Waals surface area contributed by atoms with Gasteiger partial charge in [0.25, 0.3) is 5.56 Å². The van der Waals surface area contributed by atoms with E-state index < -0.39 is 11.2 Å². The Morgan fingerprint density at radius 2 is 2.00 bits per heavy atom. The molecule has 2 aromatic rings. The van der Waals surface area contributed by atoms with Gasteiger partial charge in [-0.1, -0.05) is 30.3 Å². The van der Waals surface area contributed by atoms with Gasteiger partial charge in [-0.05, 0) is 12.5 Å². The third-order valence-corrected chi connectivity index (χ3v) is 2.87. The van der Waals surface area contributed by atoms with Crippen LogP contribution in [-0.4, -0.2) is 21.3 Å². The van der Waals surface area contributed by atoms with Crippen molar-refractivity contribution in [2.75, 3.05) is 6.61 Å². The number of nitrogens with zero attached hydrogens (tertiary/aromatic N) is 1. The highest BCUT2D eigenvalue weighted by atomic mass is 16.5. The average Bonchev–Trinajstić information content (AvgIpc) is 2.38. The molecule has 20 heavy (non-hydrogen) atoms. The van der Waals surface area contributed by atoms with Gasteiger partial charge in [0.1, 0.15) is 0 Å². The average molecular weight is 276 g/mol. The molecule has 1 aromatic heterocycles. The molecule has 1 unspecified atom stereocenters. The SMILES string of the molecule is CC(COCc1ccccc1)n1c(O)cc(=O)[nH]c1=O. The number of hydrogen-bond acceptors (Lipinski definition) is 4. The highest BCUT2D eigenvalue weighted by molar-refractivity contribution is 5.13. The van der Waals surface area contributed by atoms with Crippen LogP contribution in [0.1, 0.15) is 18.5 Å². The van der Waals surface area contributed by atoms with Crippen molar-refractivity contribution in [2.45, 2.75) is 19.6 Å². The molecule has 1 atom stereocenters. The first-order chi connectivity index (χ1) is 9.58. The van der Waals surface area contributed by atoms with E-state index in [0.717, 1.165) is 16.2 Å². The molecule has 0 aliphatic carbocycles. The van der Waals surface area contributed by atoms with Crippen LogP contribution in [0.2, 0.25) is 0 Å². The lowest BCUT2D eigenvalue weighted by atomic mass is 10.2. The number of nitrogens with one attached hydrogen (secondary N) is 1. The van der Waals surface area contributed by atoms with E-state index in [1.807, 2.05) is 30.3 Å². The van der Waals surface area contributed by atoms with Gasteiger partial charge in [-0.25, -0.2) is 4.79 Å². The second-order valence-corrected chi connectivity index (χ2v) is 4.52. The molecular formula is C14H16N2O4. The van der Waals surface area contributed by atoms with Gasteiger partial charge in [0.2, 0.25) is 5.88 Å². The van der Waals surface area contributed by atoms with Crippen LogP contribution >= 0.6 is 0 Å². The molecule has 0 radical (unpaired) electrons. The lowest BCUT2D eigenvalue weighted by Gasteiger charge is -2.16. The quantitative estimate of drug-likeness (QED) is 0.854. The van der Waals surface area contributed by atoms with Crippen LogP contribution in [0.25, 0.3) is 0 Å². The number of ether oxygens (including phenoxy) is 1. The van der Waals surface area contributed by atoms with Gasteiger partial charge in [0, 0.05) is 0 Å². The molecular weight excluding hydrogens is 260 g/mol. The number of H-pyrrole nitrogens is 1. The van der Waals surface area contributed by atoms with Crippen molar-refractivity contribution < 1.29 is 9.84 Å². The van der Waals surface area contributed by atoms with E-state index in [4.69, 9.17) is 4.74 Å². The van der Waals surface area contributed by atoms with Crippen molar-refractivity contribution in [3.63, 3.8) is 0 Å². The van der Waals surface area contributed by atoms with Crippen molar-refractivity contribution in [1.82, 2.24) is 9.55 Å². The summed E-state index contributed by atoms with van der Waals surface area (Å²) in [5, 5.41) is 9.65. The van der Waals surface area contributed by atoms with E-state index in [-0.39, 0.29) is 18.5 Å². The highest BCUT2D eigenvalue weighted by Gasteiger charge is 2.12. The fourth-order valence-electron chi connectivity index (χ4n) is 1.91. The number of aromatic nitrogens is 2. The lowest BCUT2D eigenvalue weighted by Crippen LogP contribution is -2.32. The van der Waals surface area contributed by atoms with Gasteiger partial charge >= 0.3 is 5.69 Å². The van der Waals surface area contributed by atoms with Crippen molar-refractivity contribution >= 4 is 0 Å². The Balaban J connectivity index is 2.01. The summed E-state index contributed by atoms with van der Waals surface area (Å²) in [5.41, 5.74) is -0.246. The Kier molecular flexibility index (Phi) is 4.37. The minimum atomic E-state index is -0.647. The summed E-state index contributed by atoms with van der Waals surface area (Å²) in [5.74, 6) is -0.366. The maximum absolute atomic E-state index is 11.6. The second-order valence-electron chi connectivity index (χ2n) is 4.52. The predicted octanol–water partition coefficient (Wildman–Crippen LogP) is 1.02. The van der Waals surface area contributed by atoms with Crippen molar-refractivity contribution in [1.29, 1.82) is 0 Å². The Morgan fingerprint density at radius 1 is 1.30 bits per heavy atom. The third kappa shape index (κ3) is 3.36. The molecule has 6 heteroatoms. The molecule has 106 valence electrons. The lowest BCUT2D eigenvalue weighted by molar-refractivity contribution is 0.0909. The molecule has 0 saturated carbocycles. The maximum atomic E-state index is 11.6. The number of rotatable bonds is 5. The van der Waals surface area contributed by atoms with Crippen molar-refractivity contribution in [2.24, 2.45) is 0 Å². The zero-order valence-corrected chi connectivity index (χ0v) is 11.1. The van der Waals surface area contributed by atoms with Crippen LogP contribution in [0.4, 0.5) is 0 Å². The van der Waals surface area contributed by atoms with Gasteiger partial charge < -0.3 is 9.84 Å². The van der Waals surface area contributed by atoms with E-state index >= 15 is 0 Å². The molecule has 0 aliphatic heterocycles. The van der Waals surface area contributed by atoms with E-state index in [9.17, 15) is 14.7 Å². The summed E-state index contributed by atoms with van der Waals surface area (Å²) >= 11 is 0. The molecule has 0 fully saturated rings. The molecule has 0 aliphatic rings. The summed E-state index contributed by atoms with van der Waals surface area (Å²) in [4.78, 5) is 24.8. The first-order valence-corrected chi connectivity index (χ1v) is 6.24. The number of aromatic hydroxyl groups is 1. The first-order valence-electron chi connectivity index (χ1n) is 6.24. The van der Waals surface area contributed by atoms with E-state index in [1.165, 1.54) is 0 Å². The van der Waals surface area contributed by atoms with Gasteiger partial charge in [-0.3, -0.25) is 14.3 Å². The molecule has 0 bridgehead atoms. The minimum Gasteiger partial charge on any atom is -0.494 e. The van der Waals surface area contributed by atoms with Crippen molar-refractivity contribution in [3.8, 4) is 5.88 Å². The van der Waals surface area contributed by atoms with Crippen LogP contribution < -0.4 is 11.2 Å². The molecule has 2 rings (SSSR count). The third-order valence-electron chi connectivity index (χ3n) is 2.87. The monoisotopic (exact) mass is 276 g/mol. The largest absolute Gasteiger partial charge is 0.494 e. The maximum Gasteiger partial charge on any atom is 0.331 e. The summed E-state index contributed by atoms with van der Waals surface area (Å²) in [7, 11) is 0. The van der Waals surface area contributed by atoms with Crippen LogP contribution in [0.15, 0.2) is 46.0 Å². The fourth-order valence-corrected chi connectivity index (χ4v) is 1.91. The number of hydrogen-bond donors (Lipinski definition) is 2. The molecule has 0 saturated heterocycles. The van der Waals surface area contributed by atoms with Crippen LogP contribution in [0.5, 0.6) is 5.88 Å². The Morgan fingerprint density at radius 3 is 2.65 bits per heavy atom. The van der Waals surface area contributed by atoms with E-state index in [1.54, 1.807) is 6.92 Å². The van der Waals surface area contributed by atoms with E-state index in [2.05, 4.69) is 4.98 Å². The molecule has 0 amide bonds. The number of benzene rings is 1. The summed E-state index contributed by atoms with van der Waals surface area (Å²) < 4.78 is 6.60. The highest BCUT2D eigenvalue weighted by Crippen LogP contribution is 2.11. The molecule has 1 heterocycles. The first kappa shape index (κ1) is 14.1. The summed E-state index contributed by atoms with van der Waals surface area (Å²) in [6.07, 6.45) is 0. The smallest absolute Gasteiger partial charge is 0.331 e. The van der Waals surface area contributed by atoms with Gasteiger partial charge in [-0.2, -0.15) is 0 Å². The van der Waals surface area contributed by atoms with Crippen LogP contribution in [0.3, 0.4) is 0 Å². The standard InChI is InChI=1S/C14H16N2O4/c1-10(8-20-9-11-5-3-2-4-6-11)16-13(18)7-12(17)15-14(16)19/h2-7,10,18H,8-9H2,1H3,(H,15,17,19). The summed E-state index contributed by atoms with van der Waals surface area (Å²) in [6, 6.07) is 10.2. The predicted molar refractivity (Wildman–Crippen MR) is 73.8 cm³/mol. The van der Waals surface area contributed by atoms with Gasteiger partial charge in [-0.15, -0.1) is 0 Å². The van der Waals surface area contributed by atoms with E-state index in [0.29, 0.717) is 6.61 Å². The van der Waals surface area contributed by atoms with Crippen LogP contribution in [0, 0.1) is 0 Å². The zero-order valence-electron chi connectivity index (χ0n) is 11.1. The van der Waals surface area contributed by atoms with Gasteiger partial charge in [0.05, 0.1) is 25.3 Å². The van der Waals surface area contributed by atoms with Crippen LogP contribution in [-0.2, 0) is 11.3 Å². The summed E-state index contributed by atoms with van der Waals surface area (Å²) in [6.45, 7) is 2.39.